The Morgan fingerprint density at radius 3 is 2.88 bits per heavy atom. The van der Waals surface area contributed by atoms with Gasteiger partial charge in [-0.1, -0.05) is 13.0 Å². The molecule has 0 fully saturated rings. The number of nitrogens with zero attached hydrogens (tertiary/aromatic N) is 1. The maximum Gasteiger partial charge on any atom is 0.303 e. The number of carboxylic acids is 1. The molecule has 180 valence electrons. The number of hydrogen-bond acceptors (Lipinski definition) is 6. The summed E-state index contributed by atoms with van der Waals surface area (Å²) in [6.45, 7) is 5.38. The molecule has 4 rings (SSSR count). The minimum atomic E-state index is -0.747. The molecule has 7 heteroatoms. The van der Waals surface area contributed by atoms with Crippen molar-refractivity contribution in [2.75, 3.05) is 25.6 Å². The van der Waals surface area contributed by atoms with E-state index in [1.807, 2.05) is 43.3 Å². The molecule has 2 aromatic carbocycles. The topological polar surface area (TPSA) is 93.8 Å². The fourth-order valence-electron chi connectivity index (χ4n) is 4.48. The highest BCUT2D eigenvalue weighted by molar-refractivity contribution is 5.69. The lowest BCUT2D eigenvalue weighted by Crippen LogP contribution is -2.04. The van der Waals surface area contributed by atoms with Crippen molar-refractivity contribution in [3.05, 3.63) is 59.0 Å². The molecule has 2 N–H and O–H groups in total. The third-order valence-corrected chi connectivity index (χ3v) is 6.25. The summed E-state index contributed by atoms with van der Waals surface area (Å²) in [5, 5.41) is 12.5. The number of rotatable bonds is 11. The monoisotopic (exact) mass is 464 g/mol. The Morgan fingerprint density at radius 2 is 2.12 bits per heavy atom. The number of aryl methyl sites for hydroxylation is 2. The van der Waals surface area contributed by atoms with Crippen molar-refractivity contribution in [2.45, 2.75) is 51.9 Å². The van der Waals surface area contributed by atoms with E-state index in [0.717, 1.165) is 65.6 Å². The van der Waals surface area contributed by atoms with Crippen molar-refractivity contribution in [3.63, 3.8) is 0 Å². The zero-order valence-corrected chi connectivity index (χ0v) is 20.0. The second kappa shape index (κ2) is 10.6. The van der Waals surface area contributed by atoms with Gasteiger partial charge in [-0.25, -0.2) is 4.98 Å². The zero-order valence-electron chi connectivity index (χ0n) is 20.0. The van der Waals surface area contributed by atoms with Crippen LogP contribution in [-0.2, 0) is 17.6 Å². The predicted octanol–water partition coefficient (Wildman–Crippen LogP) is 5.61. The van der Waals surface area contributed by atoms with E-state index in [-0.39, 0.29) is 12.3 Å². The Hall–Kier alpha value is -3.48. The summed E-state index contributed by atoms with van der Waals surface area (Å²) in [6, 6.07) is 11.9. The van der Waals surface area contributed by atoms with Crippen LogP contribution in [0.25, 0.3) is 11.5 Å². The van der Waals surface area contributed by atoms with Gasteiger partial charge in [-0.2, -0.15) is 0 Å². The number of benzene rings is 2. The second-order valence-electron chi connectivity index (χ2n) is 8.66. The van der Waals surface area contributed by atoms with E-state index in [1.165, 1.54) is 5.56 Å². The average Bonchev–Trinajstić information content (AvgIpc) is 3.40. The second-order valence-corrected chi connectivity index (χ2v) is 8.66. The molecule has 1 heterocycles. The highest BCUT2D eigenvalue weighted by Gasteiger charge is 2.25. The van der Waals surface area contributed by atoms with Gasteiger partial charge in [0.1, 0.15) is 17.3 Å². The van der Waals surface area contributed by atoms with Crippen LogP contribution in [0.2, 0.25) is 0 Å². The fraction of sp³-hybridized carbons (Fsp3) is 0.407. The van der Waals surface area contributed by atoms with Crippen LogP contribution in [0.4, 0.5) is 5.69 Å². The summed E-state index contributed by atoms with van der Waals surface area (Å²) in [7, 11) is 1.66. The maximum atomic E-state index is 11.1. The molecule has 7 nitrogen and oxygen atoms in total. The molecule has 0 saturated heterocycles. The Bertz CT molecular complexity index is 1150. The normalized spacial score (nSPS) is 14.6. The van der Waals surface area contributed by atoms with Gasteiger partial charge in [0.25, 0.3) is 0 Å². The van der Waals surface area contributed by atoms with Crippen LogP contribution in [-0.4, -0.2) is 36.3 Å². The van der Waals surface area contributed by atoms with Crippen molar-refractivity contribution >= 4 is 11.7 Å². The molecule has 1 aliphatic carbocycles. The molecule has 1 aliphatic rings. The van der Waals surface area contributed by atoms with Crippen molar-refractivity contribution in [1.29, 1.82) is 0 Å². The highest BCUT2D eigenvalue weighted by atomic mass is 16.5. The van der Waals surface area contributed by atoms with Crippen molar-refractivity contribution < 1.29 is 23.8 Å². The number of carbonyl (C=O) groups is 1. The van der Waals surface area contributed by atoms with Crippen molar-refractivity contribution in [1.82, 2.24) is 4.98 Å². The van der Waals surface area contributed by atoms with Gasteiger partial charge in [-0.15, -0.1) is 0 Å². The third kappa shape index (κ3) is 5.35. The van der Waals surface area contributed by atoms with Crippen LogP contribution in [0.15, 0.2) is 40.8 Å². The number of aliphatic carboxylic acids is 1. The Morgan fingerprint density at radius 1 is 1.26 bits per heavy atom. The molecule has 0 spiro atoms. The summed E-state index contributed by atoms with van der Waals surface area (Å²) in [5.41, 5.74) is 5.01. The Labute approximate surface area is 200 Å². The van der Waals surface area contributed by atoms with Gasteiger partial charge in [0, 0.05) is 18.5 Å². The minimum absolute atomic E-state index is 0.105. The van der Waals surface area contributed by atoms with Crippen LogP contribution in [0.5, 0.6) is 11.5 Å². The summed E-state index contributed by atoms with van der Waals surface area (Å²) in [6.07, 6.45) is 3.61. The molecule has 1 aromatic heterocycles. The van der Waals surface area contributed by atoms with E-state index < -0.39 is 5.97 Å². The first-order valence-electron chi connectivity index (χ1n) is 11.8. The molecule has 0 aliphatic heterocycles. The Kier molecular flexibility index (Phi) is 7.40. The van der Waals surface area contributed by atoms with Crippen LogP contribution >= 0.6 is 0 Å². The lowest BCUT2D eigenvalue weighted by atomic mass is 9.98. The molecular weight excluding hydrogens is 432 g/mol. The quantitative estimate of drug-likeness (QED) is 0.381. The fourth-order valence-corrected chi connectivity index (χ4v) is 4.48. The highest BCUT2D eigenvalue weighted by Crippen LogP contribution is 2.37. The van der Waals surface area contributed by atoms with Gasteiger partial charge in [0.05, 0.1) is 31.5 Å². The molecule has 0 amide bonds. The van der Waals surface area contributed by atoms with Crippen LogP contribution < -0.4 is 14.8 Å². The minimum Gasteiger partial charge on any atom is -0.495 e. The zero-order chi connectivity index (χ0) is 24.1. The molecule has 0 radical (unpaired) electrons. The number of carboxylic acid groups (broad SMARTS) is 1. The first-order valence-corrected chi connectivity index (χ1v) is 11.8. The third-order valence-electron chi connectivity index (χ3n) is 6.25. The lowest BCUT2D eigenvalue weighted by Gasteiger charge is -2.11. The molecule has 0 bridgehead atoms. The number of hydrogen-bond donors (Lipinski definition) is 2. The molecule has 0 saturated carbocycles. The molecule has 3 aromatic rings. The van der Waals surface area contributed by atoms with E-state index in [0.29, 0.717) is 18.9 Å². The van der Waals surface area contributed by atoms with Gasteiger partial charge in [0.2, 0.25) is 5.89 Å². The van der Waals surface area contributed by atoms with Crippen LogP contribution in [0, 0.1) is 6.92 Å². The number of nitrogens with one attached hydrogen (secondary N) is 1. The lowest BCUT2D eigenvalue weighted by molar-refractivity contribution is -0.137. The Balaban J connectivity index is 1.39. The summed E-state index contributed by atoms with van der Waals surface area (Å²) < 4.78 is 17.4. The summed E-state index contributed by atoms with van der Waals surface area (Å²) >= 11 is 0. The number of fused-ring (bicyclic) bond motifs is 1. The van der Waals surface area contributed by atoms with Crippen LogP contribution in [0.3, 0.4) is 0 Å². The molecule has 1 atom stereocenters. The first kappa shape index (κ1) is 23.7. The largest absolute Gasteiger partial charge is 0.495 e. The van der Waals surface area contributed by atoms with Crippen molar-refractivity contribution in [2.24, 2.45) is 0 Å². The average molecular weight is 465 g/mol. The van der Waals surface area contributed by atoms with E-state index >= 15 is 0 Å². The smallest absolute Gasteiger partial charge is 0.303 e. The molecular formula is C27H32N2O5. The first-order chi connectivity index (χ1) is 16.5. The molecule has 34 heavy (non-hydrogen) atoms. The van der Waals surface area contributed by atoms with Gasteiger partial charge in [-0.3, -0.25) is 4.79 Å². The predicted molar refractivity (Wildman–Crippen MR) is 131 cm³/mol. The van der Waals surface area contributed by atoms with Gasteiger partial charge in [0.15, 0.2) is 0 Å². The van der Waals surface area contributed by atoms with Gasteiger partial charge < -0.3 is 24.3 Å². The standard InChI is InChI=1S/C27H32N2O5/c1-4-12-28-24-15-20(7-10-25(24)32-3)27-29-23(17(2)34-27)11-13-33-21-8-9-22-18(14-21)5-6-19(22)16-26(30)31/h7-10,14-15,19,28H,4-6,11-13,16H2,1-3H3,(H,30,31)/t19-/m0/s1. The van der Waals surface area contributed by atoms with Crippen LogP contribution in [0.1, 0.15) is 54.7 Å². The van der Waals surface area contributed by atoms with Gasteiger partial charge >= 0.3 is 5.97 Å². The number of aromatic nitrogens is 1. The summed E-state index contributed by atoms with van der Waals surface area (Å²) in [5.74, 6) is 2.31. The van der Waals surface area contributed by atoms with Gasteiger partial charge in [-0.05, 0) is 73.6 Å². The number of anilines is 1. The van der Waals surface area contributed by atoms with Crippen molar-refractivity contribution in [3.8, 4) is 23.0 Å². The number of methoxy groups -OCH3 is 1. The van der Waals surface area contributed by atoms with E-state index in [2.05, 4.69) is 12.2 Å². The maximum absolute atomic E-state index is 11.1. The molecule has 0 unspecified atom stereocenters. The van der Waals surface area contributed by atoms with E-state index in [9.17, 15) is 4.79 Å². The summed E-state index contributed by atoms with van der Waals surface area (Å²) in [4.78, 5) is 15.8. The number of ether oxygens (including phenoxy) is 2. The number of oxazole rings is 1. The SMILES string of the molecule is CCCNc1cc(-c2nc(CCOc3ccc4c(c3)CC[C@H]4CC(=O)O)c(C)o2)ccc1OC. The van der Waals surface area contributed by atoms with E-state index in [1.54, 1.807) is 7.11 Å². The van der Waals surface area contributed by atoms with E-state index in [4.69, 9.17) is 24.0 Å².